The third kappa shape index (κ3) is 4.48. The third-order valence-electron chi connectivity index (χ3n) is 3.49. The standard InChI is InChI=1S/C14H25N3O2S2/c1-4-15-8-13-7-14(9-17(13)12-5-6-12)21(18,19)16-11(2)10-20-3/h7,9,11-12,15-16H,4-6,8,10H2,1-3H3. The van der Waals surface area contributed by atoms with Gasteiger partial charge in [0.15, 0.2) is 0 Å². The van der Waals surface area contributed by atoms with Gasteiger partial charge in [0.2, 0.25) is 10.0 Å². The zero-order chi connectivity index (χ0) is 15.5. The van der Waals surface area contributed by atoms with E-state index in [0.717, 1.165) is 30.8 Å². The number of sulfonamides is 1. The molecule has 1 atom stereocenters. The second-order valence-corrected chi connectivity index (χ2v) is 8.19. The highest BCUT2D eigenvalue weighted by atomic mass is 32.2. The summed E-state index contributed by atoms with van der Waals surface area (Å²) in [4.78, 5) is 0.384. The van der Waals surface area contributed by atoms with Crippen molar-refractivity contribution in [2.75, 3.05) is 18.6 Å². The topological polar surface area (TPSA) is 63.1 Å². The molecular weight excluding hydrogens is 306 g/mol. The zero-order valence-electron chi connectivity index (χ0n) is 12.9. The van der Waals surface area contributed by atoms with Crippen LogP contribution in [0.1, 0.15) is 38.4 Å². The van der Waals surface area contributed by atoms with E-state index in [1.165, 1.54) is 0 Å². The maximum Gasteiger partial charge on any atom is 0.242 e. The summed E-state index contributed by atoms with van der Waals surface area (Å²) in [6, 6.07) is 2.22. The maximum atomic E-state index is 12.4. The van der Waals surface area contributed by atoms with Crippen molar-refractivity contribution in [2.24, 2.45) is 0 Å². The first-order chi connectivity index (χ1) is 9.97. The van der Waals surface area contributed by atoms with Gasteiger partial charge in [-0.25, -0.2) is 13.1 Å². The number of rotatable bonds is 9. The molecule has 0 aromatic carbocycles. The van der Waals surface area contributed by atoms with Crippen LogP contribution in [0.3, 0.4) is 0 Å². The number of hydrogen-bond donors (Lipinski definition) is 2. The molecule has 0 bridgehead atoms. The van der Waals surface area contributed by atoms with Crippen molar-refractivity contribution in [1.82, 2.24) is 14.6 Å². The summed E-state index contributed by atoms with van der Waals surface area (Å²) in [6.07, 6.45) is 6.05. The van der Waals surface area contributed by atoms with Crippen LogP contribution in [-0.2, 0) is 16.6 Å². The van der Waals surface area contributed by atoms with Gasteiger partial charge in [-0.15, -0.1) is 0 Å². The average Bonchev–Trinajstić information content (AvgIpc) is 3.15. The predicted octanol–water partition coefficient (Wildman–Crippen LogP) is 1.96. The van der Waals surface area contributed by atoms with Gasteiger partial charge < -0.3 is 9.88 Å². The molecule has 0 aliphatic heterocycles. The predicted molar refractivity (Wildman–Crippen MR) is 88.2 cm³/mol. The van der Waals surface area contributed by atoms with Gasteiger partial charge in [-0.1, -0.05) is 6.92 Å². The number of nitrogens with one attached hydrogen (secondary N) is 2. The summed E-state index contributed by atoms with van der Waals surface area (Å²) in [5.41, 5.74) is 1.05. The molecule has 1 aromatic rings. The van der Waals surface area contributed by atoms with Crippen LogP contribution in [0.4, 0.5) is 0 Å². The highest BCUT2D eigenvalue weighted by molar-refractivity contribution is 7.98. The molecule has 7 heteroatoms. The van der Waals surface area contributed by atoms with Gasteiger partial charge in [0.05, 0.1) is 4.90 Å². The summed E-state index contributed by atoms with van der Waals surface area (Å²) < 4.78 is 29.8. The summed E-state index contributed by atoms with van der Waals surface area (Å²) >= 11 is 1.64. The molecule has 21 heavy (non-hydrogen) atoms. The average molecular weight is 332 g/mol. The van der Waals surface area contributed by atoms with Crippen molar-refractivity contribution >= 4 is 21.8 Å². The van der Waals surface area contributed by atoms with E-state index in [1.54, 1.807) is 24.0 Å². The lowest BCUT2D eigenvalue weighted by Gasteiger charge is -2.11. The maximum absolute atomic E-state index is 12.4. The number of thioether (sulfide) groups is 1. The van der Waals surface area contributed by atoms with Crippen LogP contribution in [0.25, 0.3) is 0 Å². The molecule has 1 aromatic heterocycles. The quantitative estimate of drug-likeness (QED) is 0.726. The van der Waals surface area contributed by atoms with E-state index in [0.29, 0.717) is 17.5 Å². The lowest BCUT2D eigenvalue weighted by molar-refractivity contribution is 0.570. The van der Waals surface area contributed by atoms with Gasteiger partial charge in [0, 0.05) is 36.3 Å². The number of hydrogen-bond acceptors (Lipinski definition) is 4. The van der Waals surface area contributed by atoms with Crippen LogP contribution in [0.15, 0.2) is 17.2 Å². The molecule has 0 radical (unpaired) electrons. The zero-order valence-corrected chi connectivity index (χ0v) is 14.6. The first-order valence-electron chi connectivity index (χ1n) is 7.40. The molecule has 1 saturated carbocycles. The fourth-order valence-corrected chi connectivity index (χ4v) is 4.33. The molecule has 0 spiro atoms. The van der Waals surface area contributed by atoms with E-state index in [9.17, 15) is 8.42 Å². The Bertz CT molecular complexity index is 565. The van der Waals surface area contributed by atoms with Gasteiger partial charge >= 0.3 is 0 Å². The van der Waals surface area contributed by atoms with Gasteiger partial charge in [0.25, 0.3) is 0 Å². The van der Waals surface area contributed by atoms with Crippen LogP contribution in [0.5, 0.6) is 0 Å². The summed E-state index contributed by atoms with van der Waals surface area (Å²) in [7, 11) is -3.43. The van der Waals surface area contributed by atoms with Crippen LogP contribution < -0.4 is 10.0 Å². The van der Waals surface area contributed by atoms with E-state index in [4.69, 9.17) is 0 Å². The largest absolute Gasteiger partial charge is 0.346 e. The first kappa shape index (κ1) is 16.9. The highest BCUT2D eigenvalue weighted by Crippen LogP contribution is 2.37. The number of nitrogens with zero attached hydrogens (tertiary/aromatic N) is 1. The van der Waals surface area contributed by atoms with E-state index in [-0.39, 0.29) is 6.04 Å². The molecule has 1 aliphatic carbocycles. The van der Waals surface area contributed by atoms with E-state index < -0.39 is 10.0 Å². The van der Waals surface area contributed by atoms with E-state index >= 15 is 0 Å². The Balaban J connectivity index is 2.18. The molecular formula is C14H25N3O2S2. The van der Waals surface area contributed by atoms with Gasteiger partial charge in [-0.05, 0) is 38.6 Å². The Kier molecular flexibility index (Phi) is 5.76. The Hall–Kier alpha value is -0.500. The van der Waals surface area contributed by atoms with Gasteiger partial charge in [-0.3, -0.25) is 0 Å². The summed E-state index contributed by atoms with van der Waals surface area (Å²) in [6.45, 7) is 5.53. The normalized spacial score (nSPS) is 17.1. The van der Waals surface area contributed by atoms with E-state index in [1.807, 2.05) is 20.1 Å². The Morgan fingerprint density at radius 1 is 1.48 bits per heavy atom. The molecule has 2 rings (SSSR count). The molecule has 2 N–H and O–H groups in total. The van der Waals surface area contributed by atoms with Gasteiger partial charge in [0.1, 0.15) is 0 Å². The second-order valence-electron chi connectivity index (χ2n) is 5.56. The molecule has 5 nitrogen and oxygen atoms in total. The lowest BCUT2D eigenvalue weighted by Crippen LogP contribution is -2.34. The minimum Gasteiger partial charge on any atom is -0.346 e. The minimum absolute atomic E-state index is 0.0634. The molecule has 120 valence electrons. The van der Waals surface area contributed by atoms with Crippen LogP contribution in [-0.4, -0.2) is 37.6 Å². The second kappa shape index (κ2) is 7.17. The lowest BCUT2D eigenvalue weighted by atomic mass is 10.4. The fraction of sp³-hybridized carbons (Fsp3) is 0.714. The van der Waals surface area contributed by atoms with Gasteiger partial charge in [-0.2, -0.15) is 11.8 Å². The fourth-order valence-electron chi connectivity index (χ4n) is 2.35. The van der Waals surface area contributed by atoms with Crippen LogP contribution in [0, 0.1) is 0 Å². The molecule has 1 aliphatic rings. The highest BCUT2D eigenvalue weighted by Gasteiger charge is 2.28. The molecule has 1 fully saturated rings. The van der Waals surface area contributed by atoms with Crippen molar-refractivity contribution in [2.45, 2.75) is 50.2 Å². The van der Waals surface area contributed by atoms with E-state index in [2.05, 4.69) is 14.6 Å². The van der Waals surface area contributed by atoms with Crippen molar-refractivity contribution < 1.29 is 8.42 Å². The Labute approximate surface area is 131 Å². The third-order valence-corrected chi connectivity index (χ3v) is 5.88. The Morgan fingerprint density at radius 3 is 2.76 bits per heavy atom. The molecule has 1 heterocycles. The number of aromatic nitrogens is 1. The summed E-state index contributed by atoms with van der Waals surface area (Å²) in [5, 5.41) is 3.27. The van der Waals surface area contributed by atoms with Crippen LogP contribution >= 0.6 is 11.8 Å². The monoisotopic (exact) mass is 331 g/mol. The molecule has 0 amide bonds. The van der Waals surface area contributed by atoms with Crippen molar-refractivity contribution in [3.63, 3.8) is 0 Å². The SMILES string of the molecule is CCNCc1cc(S(=O)(=O)NC(C)CSC)cn1C1CC1. The van der Waals surface area contributed by atoms with Crippen molar-refractivity contribution in [3.05, 3.63) is 18.0 Å². The minimum atomic E-state index is -3.43. The smallest absolute Gasteiger partial charge is 0.242 e. The van der Waals surface area contributed by atoms with Crippen molar-refractivity contribution in [3.8, 4) is 0 Å². The Morgan fingerprint density at radius 2 is 2.19 bits per heavy atom. The molecule has 1 unspecified atom stereocenters. The van der Waals surface area contributed by atoms with Crippen LogP contribution in [0.2, 0.25) is 0 Å². The molecule has 0 saturated heterocycles. The van der Waals surface area contributed by atoms with Crippen molar-refractivity contribution in [1.29, 1.82) is 0 Å². The summed E-state index contributed by atoms with van der Waals surface area (Å²) in [5.74, 6) is 0.771. The first-order valence-corrected chi connectivity index (χ1v) is 10.3.